The van der Waals surface area contributed by atoms with Gasteiger partial charge in [0.05, 0.1) is 12.5 Å². The van der Waals surface area contributed by atoms with Crippen molar-refractivity contribution in [2.24, 2.45) is 5.41 Å². The number of carbonyl (C=O) groups is 5. The number of hydrogen-bond acceptors (Lipinski definition) is 7. The fourth-order valence-electron chi connectivity index (χ4n) is 3.54. The van der Waals surface area contributed by atoms with Crippen LogP contribution in [0, 0.1) is 5.41 Å². The van der Waals surface area contributed by atoms with Crippen molar-refractivity contribution in [2.75, 3.05) is 26.2 Å². The number of rotatable bonds is 9. The van der Waals surface area contributed by atoms with Crippen molar-refractivity contribution in [3.63, 3.8) is 0 Å². The molecule has 0 saturated carbocycles. The van der Waals surface area contributed by atoms with Crippen molar-refractivity contribution in [2.45, 2.75) is 65.3 Å². The molecular formula is C20H32N4O6. The molecule has 10 nitrogen and oxygen atoms in total. The Hall–Kier alpha value is -2.49. The average molecular weight is 433 g/mol. The first kappa shape index (κ1) is 23.8. The van der Waals surface area contributed by atoms with Crippen LogP contribution in [0.5, 0.6) is 0 Å². The molecule has 0 radical (unpaired) electrons. The smallest absolute Gasteiger partial charge is 0.334 e. The van der Waals surface area contributed by atoms with Gasteiger partial charge in [-0.2, -0.15) is 0 Å². The van der Waals surface area contributed by atoms with Crippen LogP contribution in [-0.2, 0) is 28.8 Å². The summed E-state index contributed by atoms with van der Waals surface area (Å²) in [6.07, 6.45) is 1.79. The van der Waals surface area contributed by atoms with E-state index < -0.39 is 17.8 Å². The number of hydrogen-bond donors (Lipinski definition) is 2. The molecule has 30 heavy (non-hydrogen) atoms. The van der Waals surface area contributed by atoms with Gasteiger partial charge in [-0.15, -0.1) is 5.06 Å². The van der Waals surface area contributed by atoms with E-state index in [1.54, 1.807) is 0 Å². The second-order valence-electron chi connectivity index (χ2n) is 8.88. The number of hydroxylamine groups is 2. The van der Waals surface area contributed by atoms with Crippen molar-refractivity contribution in [1.29, 1.82) is 0 Å². The number of imide groups is 1. The van der Waals surface area contributed by atoms with Crippen LogP contribution in [-0.4, -0.2) is 71.8 Å². The molecule has 0 bridgehead atoms. The van der Waals surface area contributed by atoms with Gasteiger partial charge in [-0.1, -0.05) is 20.8 Å². The Kier molecular flexibility index (Phi) is 8.33. The number of nitrogens with zero attached hydrogens (tertiary/aromatic N) is 2. The lowest BCUT2D eigenvalue weighted by Gasteiger charge is -2.30. The number of nitrogens with one attached hydrogen (secondary N) is 2. The average Bonchev–Trinajstić information content (AvgIpc) is 3.21. The van der Waals surface area contributed by atoms with Crippen LogP contribution < -0.4 is 10.6 Å². The summed E-state index contributed by atoms with van der Waals surface area (Å²) in [4.78, 5) is 65.7. The van der Waals surface area contributed by atoms with Gasteiger partial charge < -0.3 is 15.5 Å². The molecule has 2 heterocycles. The Labute approximate surface area is 176 Å². The lowest BCUT2D eigenvalue weighted by molar-refractivity contribution is -0.197. The van der Waals surface area contributed by atoms with Gasteiger partial charge in [-0.25, -0.2) is 4.79 Å². The zero-order chi connectivity index (χ0) is 22.3. The van der Waals surface area contributed by atoms with E-state index in [-0.39, 0.29) is 62.0 Å². The topological polar surface area (TPSA) is 125 Å². The van der Waals surface area contributed by atoms with Gasteiger partial charge in [0.2, 0.25) is 11.8 Å². The van der Waals surface area contributed by atoms with Crippen LogP contribution in [0.3, 0.4) is 0 Å². The van der Waals surface area contributed by atoms with Gasteiger partial charge in [-0.05, 0) is 24.8 Å². The van der Waals surface area contributed by atoms with Crippen LogP contribution in [0.1, 0.15) is 59.3 Å². The first-order valence-corrected chi connectivity index (χ1v) is 10.4. The Balaban J connectivity index is 1.60. The monoisotopic (exact) mass is 433 g/mol. The van der Waals surface area contributed by atoms with Gasteiger partial charge in [0.15, 0.2) is 0 Å². The standard InChI is InChI=1S/C20H32N4O6/c1-20(2,3)13-23-12-4-5-14(23)19(29)22-10-8-15(25)21-11-9-18(28)30-24-16(26)6-7-17(24)27/h14H,4-13H2,1-3H3,(H,21,25)(H,22,29)/i8+1,9+1,10+1,13+1,14+1,15+1,18+1,21+1,22+1. The summed E-state index contributed by atoms with van der Waals surface area (Å²) in [5.74, 6) is -2.23. The van der Waals surface area contributed by atoms with Gasteiger partial charge in [0.25, 0.3) is 11.8 Å². The normalized spacial score (nSPS) is 19.8. The minimum atomic E-state index is -0.771. The summed E-state index contributed by atoms with van der Waals surface area (Å²) in [5, 5.41) is 5.85. The van der Waals surface area contributed by atoms with E-state index in [1.807, 2.05) is 0 Å². The van der Waals surface area contributed by atoms with Gasteiger partial charge >= 0.3 is 5.97 Å². The maximum atomic E-state index is 12.4. The van der Waals surface area contributed by atoms with E-state index in [4.69, 9.17) is 4.84 Å². The van der Waals surface area contributed by atoms with Crippen LogP contribution in [0.2, 0.25) is 0 Å². The zero-order valence-corrected chi connectivity index (χ0v) is 18.0. The molecule has 0 aliphatic carbocycles. The van der Waals surface area contributed by atoms with Gasteiger partial charge in [0.1, 0.15) is 0 Å². The maximum Gasteiger partial charge on any atom is 0.334 e. The molecule has 10 heteroatoms. The summed E-state index contributed by atoms with van der Waals surface area (Å²) in [6.45, 7) is 8.40. The molecule has 2 N–H and O–H groups in total. The van der Waals surface area contributed by atoms with Crippen molar-refractivity contribution in [3.8, 4) is 0 Å². The fraction of sp³-hybridized carbons (Fsp3) is 0.750. The molecule has 1 unspecified atom stereocenters. The SMILES string of the molecule is CC(C)(C)[13CH2]N1CCC[13CH]1C(=O)[15NH][13CH2][13CH2][13C](=O)[15NH]C[13CH2][13C](=O)ON1C(=O)CCC1=O. The Morgan fingerprint density at radius 2 is 1.67 bits per heavy atom. The van der Waals surface area contributed by atoms with E-state index in [9.17, 15) is 24.0 Å². The summed E-state index contributed by atoms with van der Waals surface area (Å²) in [5.41, 5.74) is 0.110. The summed E-state index contributed by atoms with van der Waals surface area (Å²) < 4.78 is 0. The lowest BCUT2D eigenvalue weighted by atomic mass is 10.1. The molecular weight excluding hydrogens is 401 g/mol. The molecule has 2 fully saturated rings. The molecule has 0 spiro atoms. The van der Waals surface area contributed by atoms with Crippen molar-refractivity contribution in [1.82, 2.24) is 20.6 Å². The number of likely N-dealkylation sites (tertiary alicyclic amines) is 1. The summed E-state index contributed by atoms with van der Waals surface area (Å²) >= 11 is 0. The summed E-state index contributed by atoms with van der Waals surface area (Å²) in [6, 6.07) is -0.155. The molecule has 168 valence electrons. The first-order chi connectivity index (χ1) is 14.1. The quantitative estimate of drug-likeness (QED) is 0.301. The predicted molar refractivity (Wildman–Crippen MR) is 106 cm³/mol. The Bertz CT molecular complexity index is 671. The third-order valence-electron chi connectivity index (χ3n) is 4.85. The molecule has 4 amide bonds. The van der Waals surface area contributed by atoms with Crippen LogP contribution in [0.15, 0.2) is 0 Å². The third-order valence-corrected chi connectivity index (χ3v) is 4.85. The third kappa shape index (κ3) is 7.40. The van der Waals surface area contributed by atoms with Crippen molar-refractivity contribution in [3.05, 3.63) is 0 Å². The predicted octanol–water partition coefficient (Wildman–Crippen LogP) is 0.117. The molecule has 2 aliphatic rings. The minimum absolute atomic E-state index is 0.0177. The van der Waals surface area contributed by atoms with Crippen molar-refractivity contribution < 1.29 is 28.8 Å². The van der Waals surface area contributed by atoms with Crippen LogP contribution >= 0.6 is 0 Å². The van der Waals surface area contributed by atoms with Crippen molar-refractivity contribution >= 4 is 29.6 Å². The first-order valence-electron chi connectivity index (χ1n) is 10.4. The lowest BCUT2D eigenvalue weighted by Crippen LogP contribution is -2.46. The van der Waals surface area contributed by atoms with Gasteiger partial charge in [-0.3, -0.25) is 24.1 Å². The maximum absolute atomic E-state index is 12.4. The van der Waals surface area contributed by atoms with Gasteiger partial charge in [0, 0.05) is 38.9 Å². The molecule has 1 atom stereocenters. The highest BCUT2D eigenvalue weighted by atomic mass is 16.8. The molecule has 2 aliphatic heterocycles. The summed E-state index contributed by atoms with van der Waals surface area (Å²) in [7, 11) is 0. The highest BCUT2D eigenvalue weighted by molar-refractivity contribution is 6.01. The second kappa shape index (κ2) is 10.5. The second-order valence-corrected chi connectivity index (χ2v) is 8.88. The fourth-order valence-corrected chi connectivity index (χ4v) is 3.54. The molecule has 2 saturated heterocycles. The number of carbonyl (C=O) groups excluding carboxylic acids is 5. The van der Waals surface area contributed by atoms with Crippen LogP contribution in [0.25, 0.3) is 0 Å². The van der Waals surface area contributed by atoms with E-state index in [0.29, 0.717) is 5.06 Å². The molecule has 0 aromatic heterocycles. The Morgan fingerprint density at radius 1 is 1.03 bits per heavy atom. The van der Waals surface area contributed by atoms with E-state index >= 15 is 0 Å². The largest absolute Gasteiger partial charge is 0.355 e. The zero-order valence-electron chi connectivity index (χ0n) is 18.0. The van der Waals surface area contributed by atoms with E-state index in [1.165, 1.54) is 0 Å². The van der Waals surface area contributed by atoms with Crippen LogP contribution in [0.4, 0.5) is 0 Å². The van der Waals surface area contributed by atoms with E-state index in [0.717, 1.165) is 25.9 Å². The minimum Gasteiger partial charge on any atom is -0.355 e. The van der Waals surface area contributed by atoms with E-state index in [2.05, 4.69) is 36.3 Å². The Morgan fingerprint density at radius 3 is 2.30 bits per heavy atom. The highest BCUT2D eigenvalue weighted by Crippen LogP contribution is 2.23. The number of amides is 4. The molecule has 2 rings (SSSR count). The highest BCUT2D eigenvalue weighted by Gasteiger charge is 2.33. The molecule has 0 aromatic rings. The molecule has 0 aromatic carbocycles.